The van der Waals surface area contributed by atoms with Gasteiger partial charge in [-0.05, 0) is 18.2 Å². The summed E-state index contributed by atoms with van der Waals surface area (Å²) in [5.74, 6) is -2.32. The van der Waals surface area contributed by atoms with Crippen molar-refractivity contribution in [2.24, 2.45) is 7.05 Å². The van der Waals surface area contributed by atoms with Crippen LogP contribution in [0, 0.1) is 5.82 Å². The van der Waals surface area contributed by atoms with Crippen molar-refractivity contribution in [3.05, 3.63) is 53.6 Å². The number of carbonyl (C=O) groups is 2. The zero-order valence-electron chi connectivity index (χ0n) is 11.1. The molecule has 108 valence electrons. The highest BCUT2D eigenvalue weighted by Gasteiger charge is 2.10. The van der Waals surface area contributed by atoms with Gasteiger partial charge in [-0.2, -0.15) is 5.10 Å². The predicted molar refractivity (Wildman–Crippen MR) is 74.2 cm³/mol. The van der Waals surface area contributed by atoms with E-state index >= 15 is 0 Å². The zero-order valence-corrected chi connectivity index (χ0v) is 11.1. The smallest absolute Gasteiger partial charge is 0.328 e. The summed E-state index contributed by atoms with van der Waals surface area (Å²) in [6, 6.07) is 3.80. The highest BCUT2D eigenvalue weighted by Crippen LogP contribution is 2.14. The normalized spacial score (nSPS) is 10.8. The van der Waals surface area contributed by atoms with Gasteiger partial charge in [0, 0.05) is 30.4 Å². The number of benzene rings is 1. The van der Waals surface area contributed by atoms with Crippen molar-refractivity contribution in [3.8, 4) is 0 Å². The van der Waals surface area contributed by atoms with Crippen molar-refractivity contribution in [1.82, 2.24) is 9.78 Å². The van der Waals surface area contributed by atoms with Crippen LogP contribution in [0.15, 0.2) is 36.7 Å². The number of aliphatic carboxylic acids is 1. The molecular formula is C14H12FN3O3. The fraction of sp³-hybridized carbons (Fsp3) is 0.0714. The second-order valence-corrected chi connectivity index (χ2v) is 4.26. The van der Waals surface area contributed by atoms with Crippen LogP contribution in [-0.2, 0) is 11.8 Å². The van der Waals surface area contributed by atoms with E-state index in [0.717, 1.165) is 18.2 Å². The number of hydrogen-bond acceptors (Lipinski definition) is 3. The van der Waals surface area contributed by atoms with Crippen LogP contribution in [0.1, 0.15) is 15.9 Å². The molecule has 2 rings (SSSR count). The van der Waals surface area contributed by atoms with Crippen LogP contribution >= 0.6 is 0 Å². The van der Waals surface area contributed by atoms with Crippen molar-refractivity contribution >= 4 is 23.6 Å². The molecule has 0 aliphatic carbocycles. The number of hydrogen-bond donors (Lipinski definition) is 2. The summed E-state index contributed by atoms with van der Waals surface area (Å²) < 4.78 is 15.3. The Labute approximate surface area is 119 Å². The Hall–Kier alpha value is -2.96. The molecule has 0 saturated heterocycles. The van der Waals surface area contributed by atoms with Crippen LogP contribution in [0.3, 0.4) is 0 Å². The molecule has 0 spiro atoms. The lowest BCUT2D eigenvalue weighted by Gasteiger charge is -2.04. The Morgan fingerprint density at radius 2 is 2.19 bits per heavy atom. The number of rotatable bonds is 4. The van der Waals surface area contributed by atoms with Gasteiger partial charge in [0.25, 0.3) is 5.91 Å². The van der Waals surface area contributed by atoms with Gasteiger partial charge < -0.3 is 10.4 Å². The van der Waals surface area contributed by atoms with Crippen molar-refractivity contribution in [2.45, 2.75) is 0 Å². The minimum absolute atomic E-state index is 0.0929. The summed E-state index contributed by atoms with van der Waals surface area (Å²) >= 11 is 0. The molecule has 21 heavy (non-hydrogen) atoms. The number of nitrogens with one attached hydrogen (secondary N) is 1. The molecule has 1 heterocycles. The van der Waals surface area contributed by atoms with Gasteiger partial charge in [-0.15, -0.1) is 0 Å². The first-order valence-electron chi connectivity index (χ1n) is 5.96. The van der Waals surface area contributed by atoms with Gasteiger partial charge >= 0.3 is 5.97 Å². The summed E-state index contributed by atoms with van der Waals surface area (Å²) in [6.07, 6.45) is 5.03. The van der Waals surface area contributed by atoms with Gasteiger partial charge in [-0.25, -0.2) is 9.18 Å². The molecule has 1 amide bonds. The maximum Gasteiger partial charge on any atom is 0.328 e. The van der Waals surface area contributed by atoms with Gasteiger partial charge in [0.05, 0.1) is 11.9 Å². The van der Waals surface area contributed by atoms with Crippen LogP contribution in [0.5, 0.6) is 0 Å². The molecule has 1 aromatic carbocycles. The van der Waals surface area contributed by atoms with Crippen molar-refractivity contribution in [2.75, 3.05) is 5.32 Å². The lowest BCUT2D eigenvalue weighted by Crippen LogP contribution is -2.11. The highest BCUT2D eigenvalue weighted by atomic mass is 19.1. The standard InChI is InChI=1S/C14H12FN3O3/c1-18-8-11(7-16-18)17-14(21)10-3-2-9(12(15)6-10)4-5-13(19)20/h2-8H,1H3,(H,17,21)(H,19,20). The lowest BCUT2D eigenvalue weighted by atomic mass is 10.1. The number of carboxylic acids is 1. The third kappa shape index (κ3) is 3.75. The SMILES string of the molecule is Cn1cc(NC(=O)c2ccc(C=CC(=O)O)c(F)c2)cn1. The van der Waals surface area contributed by atoms with E-state index in [0.29, 0.717) is 5.69 Å². The number of aryl methyl sites for hydroxylation is 1. The minimum Gasteiger partial charge on any atom is -0.478 e. The van der Waals surface area contributed by atoms with Gasteiger partial charge in [0.15, 0.2) is 0 Å². The van der Waals surface area contributed by atoms with E-state index in [-0.39, 0.29) is 11.1 Å². The number of aromatic nitrogens is 2. The summed E-state index contributed by atoms with van der Waals surface area (Å²) in [4.78, 5) is 22.3. The Bertz CT molecular complexity index is 722. The van der Waals surface area contributed by atoms with Crippen LogP contribution in [-0.4, -0.2) is 26.8 Å². The van der Waals surface area contributed by atoms with Crippen molar-refractivity contribution in [3.63, 3.8) is 0 Å². The fourth-order valence-corrected chi connectivity index (χ4v) is 1.65. The van der Waals surface area contributed by atoms with E-state index in [4.69, 9.17) is 5.11 Å². The fourth-order valence-electron chi connectivity index (χ4n) is 1.65. The molecule has 0 atom stereocenters. The highest BCUT2D eigenvalue weighted by molar-refractivity contribution is 6.04. The monoisotopic (exact) mass is 289 g/mol. The molecule has 0 bridgehead atoms. The first kappa shape index (κ1) is 14.4. The van der Waals surface area contributed by atoms with E-state index in [9.17, 15) is 14.0 Å². The molecule has 6 nitrogen and oxygen atoms in total. The average Bonchev–Trinajstić information content (AvgIpc) is 2.82. The molecule has 2 aromatic rings. The van der Waals surface area contributed by atoms with Crippen LogP contribution < -0.4 is 5.32 Å². The van der Waals surface area contributed by atoms with Crippen LogP contribution in [0.2, 0.25) is 0 Å². The first-order valence-corrected chi connectivity index (χ1v) is 5.96. The van der Waals surface area contributed by atoms with E-state index in [1.165, 1.54) is 23.0 Å². The molecule has 0 saturated carbocycles. The maximum atomic E-state index is 13.8. The molecule has 0 aliphatic rings. The molecule has 0 unspecified atom stereocenters. The lowest BCUT2D eigenvalue weighted by molar-refractivity contribution is -0.131. The third-order valence-corrected chi connectivity index (χ3v) is 2.63. The van der Waals surface area contributed by atoms with Gasteiger partial charge in [-0.1, -0.05) is 6.07 Å². The Morgan fingerprint density at radius 1 is 1.43 bits per heavy atom. The second-order valence-electron chi connectivity index (χ2n) is 4.26. The molecule has 1 aromatic heterocycles. The Kier molecular flexibility index (Phi) is 4.13. The number of carboxylic acid groups (broad SMARTS) is 1. The zero-order chi connectivity index (χ0) is 15.4. The number of amides is 1. The summed E-state index contributed by atoms with van der Waals surface area (Å²) in [6.45, 7) is 0. The molecule has 0 radical (unpaired) electrons. The van der Waals surface area contributed by atoms with E-state index < -0.39 is 17.7 Å². The number of nitrogens with zero attached hydrogens (tertiary/aromatic N) is 2. The summed E-state index contributed by atoms with van der Waals surface area (Å²) in [5.41, 5.74) is 0.719. The van der Waals surface area contributed by atoms with Crippen molar-refractivity contribution in [1.29, 1.82) is 0 Å². The van der Waals surface area contributed by atoms with Crippen LogP contribution in [0.25, 0.3) is 6.08 Å². The van der Waals surface area contributed by atoms with E-state index in [1.54, 1.807) is 13.2 Å². The van der Waals surface area contributed by atoms with Gasteiger partial charge in [0.2, 0.25) is 0 Å². The molecule has 2 N–H and O–H groups in total. The summed E-state index contributed by atoms with van der Waals surface area (Å²) in [5, 5.41) is 15.0. The molecule has 0 aliphatic heterocycles. The largest absolute Gasteiger partial charge is 0.478 e. The van der Waals surface area contributed by atoms with E-state index in [1.807, 2.05) is 0 Å². The Morgan fingerprint density at radius 3 is 2.76 bits per heavy atom. The van der Waals surface area contributed by atoms with Gasteiger partial charge in [-0.3, -0.25) is 9.48 Å². The number of carbonyl (C=O) groups excluding carboxylic acids is 1. The number of halogens is 1. The van der Waals surface area contributed by atoms with Crippen molar-refractivity contribution < 1.29 is 19.1 Å². The van der Waals surface area contributed by atoms with Crippen LogP contribution in [0.4, 0.5) is 10.1 Å². The predicted octanol–water partition coefficient (Wildman–Crippen LogP) is 1.91. The van der Waals surface area contributed by atoms with Gasteiger partial charge in [0.1, 0.15) is 5.82 Å². The minimum atomic E-state index is -1.17. The van der Waals surface area contributed by atoms with E-state index in [2.05, 4.69) is 10.4 Å². The first-order chi connectivity index (χ1) is 9.95. The third-order valence-electron chi connectivity index (χ3n) is 2.63. The second kappa shape index (κ2) is 6.00. The quantitative estimate of drug-likeness (QED) is 0.842. The Balaban J connectivity index is 2.15. The summed E-state index contributed by atoms with van der Waals surface area (Å²) in [7, 11) is 1.71. The molecule has 7 heteroatoms. The maximum absolute atomic E-state index is 13.8. The molecule has 0 fully saturated rings. The average molecular weight is 289 g/mol. The number of anilines is 1. The topological polar surface area (TPSA) is 84.2 Å². The molecular weight excluding hydrogens is 277 g/mol.